The fourth-order valence-electron chi connectivity index (χ4n) is 1.22. The Hall–Kier alpha value is -1.02. The molecular weight excluding hydrogens is 176 g/mol. The molecule has 1 atom stereocenters. The number of ether oxygens (including phenoxy) is 1. The highest BCUT2D eigenvalue weighted by Gasteiger charge is 2.02. The summed E-state index contributed by atoms with van der Waals surface area (Å²) in [6.07, 6.45) is 0.382. The zero-order chi connectivity index (χ0) is 10.6. The maximum atomic E-state index is 9.07. The monoisotopic (exact) mass is 194 g/mol. The fraction of sp³-hybridized carbons (Fsp3) is 0.500. The van der Waals surface area contributed by atoms with Crippen LogP contribution in [0.1, 0.15) is 24.5 Å². The van der Waals surface area contributed by atoms with Crippen molar-refractivity contribution in [3.63, 3.8) is 0 Å². The Bertz CT molecular complexity index is 292. The molecule has 0 aliphatic heterocycles. The summed E-state index contributed by atoms with van der Waals surface area (Å²) in [5, 5.41) is 9.07. The molecule has 0 saturated heterocycles. The topological polar surface area (TPSA) is 29.5 Å². The van der Waals surface area contributed by atoms with Gasteiger partial charge in [-0.3, -0.25) is 0 Å². The highest BCUT2D eigenvalue weighted by Crippen LogP contribution is 2.20. The van der Waals surface area contributed by atoms with Crippen molar-refractivity contribution in [1.82, 2.24) is 0 Å². The molecule has 2 heteroatoms. The lowest BCUT2D eigenvalue weighted by atomic mass is 10.1. The van der Waals surface area contributed by atoms with Crippen LogP contribution < -0.4 is 4.74 Å². The first kappa shape index (κ1) is 11.1. The molecule has 1 unspecified atom stereocenters. The second kappa shape index (κ2) is 5.01. The van der Waals surface area contributed by atoms with Crippen molar-refractivity contribution in [1.29, 1.82) is 0 Å². The van der Waals surface area contributed by atoms with Crippen LogP contribution in [0.25, 0.3) is 0 Å². The van der Waals surface area contributed by atoms with E-state index >= 15 is 0 Å². The Morgan fingerprint density at radius 1 is 1.36 bits per heavy atom. The smallest absolute Gasteiger partial charge is 0.122 e. The third-order valence-corrected chi connectivity index (χ3v) is 2.35. The zero-order valence-electron chi connectivity index (χ0n) is 9.08. The molecule has 0 heterocycles. The molecule has 0 bridgehead atoms. The lowest BCUT2D eigenvalue weighted by Crippen LogP contribution is -2.08. The van der Waals surface area contributed by atoms with Crippen LogP contribution in [-0.2, 0) is 0 Å². The molecule has 0 saturated carbocycles. The van der Waals surface area contributed by atoms with Gasteiger partial charge in [-0.2, -0.15) is 0 Å². The summed E-state index contributed by atoms with van der Waals surface area (Å²) in [5.74, 6) is 0.922. The van der Waals surface area contributed by atoms with E-state index in [1.165, 1.54) is 11.1 Å². The molecule has 0 aromatic heterocycles. The first-order valence-corrected chi connectivity index (χ1v) is 4.98. The molecule has 14 heavy (non-hydrogen) atoms. The summed E-state index contributed by atoms with van der Waals surface area (Å²) < 4.78 is 5.57. The van der Waals surface area contributed by atoms with Crippen molar-refractivity contribution in [2.24, 2.45) is 0 Å². The predicted molar refractivity (Wildman–Crippen MR) is 57.7 cm³/mol. The predicted octanol–water partition coefficient (Wildman–Crippen LogP) is 2.45. The summed E-state index contributed by atoms with van der Waals surface area (Å²) in [4.78, 5) is 0. The van der Waals surface area contributed by atoms with E-state index in [4.69, 9.17) is 9.84 Å². The normalized spacial score (nSPS) is 12.6. The van der Waals surface area contributed by atoms with Gasteiger partial charge in [-0.1, -0.05) is 12.1 Å². The van der Waals surface area contributed by atoms with Gasteiger partial charge in [0.05, 0.1) is 12.7 Å². The van der Waals surface area contributed by atoms with Crippen molar-refractivity contribution < 1.29 is 9.84 Å². The van der Waals surface area contributed by atoms with Crippen LogP contribution in [0.5, 0.6) is 5.75 Å². The van der Waals surface area contributed by atoms with Crippen molar-refractivity contribution in [3.05, 3.63) is 29.3 Å². The molecule has 0 aliphatic rings. The van der Waals surface area contributed by atoms with Gasteiger partial charge in [-0.15, -0.1) is 0 Å². The Morgan fingerprint density at radius 3 is 2.71 bits per heavy atom. The van der Waals surface area contributed by atoms with Crippen LogP contribution in [0.4, 0.5) is 0 Å². The maximum absolute atomic E-state index is 9.07. The van der Waals surface area contributed by atoms with Gasteiger partial charge in [0.15, 0.2) is 0 Å². The second-order valence-electron chi connectivity index (χ2n) is 3.68. The van der Waals surface area contributed by atoms with Gasteiger partial charge >= 0.3 is 0 Å². The molecule has 2 nitrogen and oxygen atoms in total. The standard InChI is InChI=1S/C12H18O2/c1-9-5-4-6-12(11(9)3)14-8-7-10(2)13/h4-6,10,13H,7-8H2,1-3H3. The number of aliphatic hydroxyl groups excluding tert-OH is 1. The van der Waals surface area contributed by atoms with Gasteiger partial charge in [0.2, 0.25) is 0 Å². The lowest BCUT2D eigenvalue weighted by Gasteiger charge is -2.11. The average Bonchev–Trinajstić information content (AvgIpc) is 2.12. The lowest BCUT2D eigenvalue weighted by molar-refractivity contribution is 0.155. The summed E-state index contributed by atoms with van der Waals surface area (Å²) >= 11 is 0. The molecule has 0 spiro atoms. The van der Waals surface area contributed by atoms with Gasteiger partial charge in [0.1, 0.15) is 5.75 Å². The SMILES string of the molecule is Cc1cccc(OCCC(C)O)c1C. The third kappa shape index (κ3) is 3.04. The molecule has 0 aliphatic carbocycles. The van der Waals surface area contributed by atoms with Crippen molar-refractivity contribution in [2.75, 3.05) is 6.61 Å². The summed E-state index contributed by atoms with van der Waals surface area (Å²) in [5.41, 5.74) is 2.41. The van der Waals surface area contributed by atoms with Crippen molar-refractivity contribution in [2.45, 2.75) is 33.3 Å². The Kier molecular flexibility index (Phi) is 3.96. The van der Waals surface area contributed by atoms with Gasteiger partial charge in [0, 0.05) is 6.42 Å². The Morgan fingerprint density at radius 2 is 2.07 bits per heavy atom. The molecule has 1 rings (SSSR count). The Labute approximate surface area is 85.5 Å². The quantitative estimate of drug-likeness (QED) is 0.797. The summed E-state index contributed by atoms with van der Waals surface area (Å²) in [7, 11) is 0. The molecule has 0 radical (unpaired) electrons. The van der Waals surface area contributed by atoms with E-state index in [1.807, 2.05) is 19.1 Å². The summed E-state index contributed by atoms with van der Waals surface area (Å²) in [6.45, 7) is 6.46. The molecule has 0 amide bonds. The van der Waals surface area contributed by atoms with Crippen LogP contribution in [0.2, 0.25) is 0 Å². The van der Waals surface area contributed by atoms with Gasteiger partial charge < -0.3 is 9.84 Å². The molecule has 1 aromatic carbocycles. The van der Waals surface area contributed by atoms with Crippen LogP contribution in [-0.4, -0.2) is 17.8 Å². The summed E-state index contributed by atoms with van der Waals surface area (Å²) in [6, 6.07) is 6.02. The molecular formula is C12H18O2. The van der Waals surface area contributed by atoms with E-state index < -0.39 is 0 Å². The van der Waals surface area contributed by atoms with Crippen LogP contribution in [0.15, 0.2) is 18.2 Å². The van der Waals surface area contributed by atoms with E-state index in [9.17, 15) is 0 Å². The molecule has 78 valence electrons. The molecule has 1 N–H and O–H groups in total. The first-order chi connectivity index (χ1) is 6.61. The van der Waals surface area contributed by atoms with Gasteiger partial charge in [0.25, 0.3) is 0 Å². The molecule has 1 aromatic rings. The van der Waals surface area contributed by atoms with E-state index in [-0.39, 0.29) is 6.10 Å². The van der Waals surface area contributed by atoms with Crippen molar-refractivity contribution >= 4 is 0 Å². The van der Waals surface area contributed by atoms with Gasteiger partial charge in [-0.25, -0.2) is 0 Å². The third-order valence-electron chi connectivity index (χ3n) is 2.35. The maximum Gasteiger partial charge on any atom is 0.122 e. The van der Waals surface area contributed by atoms with Crippen LogP contribution in [0, 0.1) is 13.8 Å². The highest BCUT2D eigenvalue weighted by atomic mass is 16.5. The first-order valence-electron chi connectivity index (χ1n) is 4.98. The number of rotatable bonds is 4. The number of benzene rings is 1. The van der Waals surface area contributed by atoms with E-state index in [2.05, 4.69) is 13.0 Å². The number of aliphatic hydroxyl groups is 1. The fourth-order valence-corrected chi connectivity index (χ4v) is 1.22. The van der Waals surface area contributed by atoms with E-state index in [0.717, 1.165) is 5.75 Å². The zero-order valence-corrected chi connectivity index (χ0v) is 9.08. The number of hydrogen-bond donors (Lipinski definition) is 1. The van der Waals surface area contributed by atoms with Crippen LogP contribution >= 0.6 is 0 Å². The number of hydrogen-bond acceptors (Lipinski definition) is 2. The van der Waals surface area contributed by atoms with Gasteiger partial charge in [-0.05, 0) is 38.0 Å². The number of aryl methyl sites for hydroxylation is 1. The van der Waals surface area contributed by atoms with Crippen molar-refractivity contribution in [3.8, 4) is 5.75 Å². The minimum Gasteiger partial charge on any atom is -0.493 e. The Balaban J connectivity index is 2.54. The minimum atomic E-state index is -0.292. The van der Waals surface area contributed by atoms with Crippen LogP contribution in [0.3, 0.4) is 0 Å². The minimum absolute atomic E-state index is 0.292. The van der Waals surface area contributed by atoms with E-state index in [0.29, 0.717) is 13.0 Å². The average molecular weight is 194 g/mol. The highest BCUT2D eigenvalue weighted by molar-refractivity contribution is 5.38. The second-order valence-corrected chi connectivity index (χ2v) is 3.68. The van der Waals surface area contributed by atoms with E-state index in [1.54, 1.807) is 6.92 Å². The molecule has 0 fully saturated rings. The largest absolute Gasteiger partial charge is 0.493 e.